The van der Waals surface area contributed by atoms with Crippen LogP contribution < -0.4 is 10.1 Å². The number of para-hydroxylation sites is 1. The molecule has 0 spiro atoms. The first-order chi connectivity index (χ1) is 13.7. The predicted octanol–water partition coefficient (Wildman–Crippen LogP) is 2.81. The molecule has 3 aromatic rings. The number of rotatable bonds is 8. The fraction of sp³-hybridized carbons (Fsp3) is 0.238. The second-order valence-electron chi connectivity index (χ2n) is 6.28. The lowest BCUT2D eigenvalue weighted by Gasteiger charge is -2.16. The number of benzene rings is 1. The van der Waals surface area contributed by atoms with Crippen LogP contribution in [-0.2, 0) is 13.0 Å². The Morgan fingerprint density at radius 3 is 2.61 bits per heavy atom. The van der Waals surface area contributed by atoms with Crippen LogP contribution in [0.2, 0.25) is 0 Å². The first kappa shape index (κ1) is 19.3. The normalized spacial score (nSPS) is 10.4. The Hall–Kier alpha value is -3.48. The summed E-state index contributed by atoms with van der Waals surface area (Å²) < 4.78 is 5.34. The zero-order chi connectivity index (χ0) is 19.8. The summed E-state index contributed by atoms with van der Waals surface area (Å²) in [5, 5.41) is 3.19. The molecule has 0 aliphatic rings. The van der Waals surface area contributed by atoms with Gasteiger partial charge in [0.25, 0.3) is 5.91 Å². The molecule has 0 aliphatic heterocycles. The fourth-order valence-corrected chi connectivity index (χ4v) is 2.71. The molecule has 3 rings (SSSR count). The number of ether oxygens (including phenoxy) is 1. The van der Waals surface area contributed by atoms with Crippen LogP contribution in [0.4, 0.5) is 5.82 Å². The number of methoxy groups -OCH3 is 1. The molecule has 28 heavy (non-hydrogen) atoms. The summed E-state index contributed by atoms with van der Waals surface area (Å²) in [6.07, 6.45) is 7.32. The fourth-order valence-electron chi connectivity index (χ4n) is 2.71. The van der Waals surface area contributed by atoms with Crippen LogP contribution in [0.5, 0.6) is 5.75 Å². The van der Waals surface area contributed by atoms with Gasteiger partial charge in [-0.15, -0.1) is 0 Å². The largest absolute Gasteiger partial charge is 0.496 e. The van der Waals surface area contributed by atoms with Crippen LogP contribution in [-0.4, -0.2) is 46.5 Å². The number of aromatic nitrogens is 3. The van der Waals surface area contributed by atoms with Gasteiger partial charge in [0.15, 0.2) is 0 Å². The Bertz CT molecular complexity index is 900. The van der Waals surface area contributed by atoms with Crippen LogP contribution >= 0.6 is 0 Å². The van der Waals surface area contributed by atoms with Crippen molar-refractivity contribution >= 4 is 11.7 Å². The second kappa shape index (κ2) is 9.45. The van der Waals surface area contributed by atoms with Gasteiger partial charge >= 0.3 is 0 Å². The highest BCUT2D eigenvalue weighted by molar-refractivity contribution is 5.91. The van der Waals surface area contributed by atoms with Gasteiger partial charge in [0.05, 0.1) is 19.5 Å². The van der Waals surface area contributed by atoms with Crippen molar-refractivity contribution in [3.8, 4) is 5.75 Å². The van der Waals surface area contributed by atoms with Crippen molar-refractivity contribution in [3.63, 3.8) is 0 Å². The summed E-state index contributed by atoms with van der Waals surface area (Å²) in [7, 11) is 3.41. The van der Waals surface area contributed by atoms with E-state index in [9.17, 15) is 4.79 Å². The second-order valence-corrected chi connectivity index (χ2v) is 6.28. The Morgan fingerprint density at radius 1 is 1.11 bits per heavy atom. The smallest absolute Gasteiger partial charge is 0.273 e. The number of pyridine rings is 1. The number of hydrogen-bond donors (Lipinski definition) is 1. The molecule has 2 aromatic heterocycles. The SMILES string of the molecule is COc1ccccc1CNc1cnc(C(=O)N(C)CCc2ccncc2)cn1. The van der Waals surface area contributed by atoms with Crippen molar-refractivity contribution in [2.45, 2.75) is 13.0 Å². The average Bonchev–Trinajstić information content (AvgIpc) is 2.76. The number of carbonyl (C=O) groups excluding carboxylic acids is 1. The van der Waals surface area contributed by atoms with Gasteiger partial charge in [0, 0.05) is 38.1 Å². The third-order valence-electron chi connectivity index (χ3n) is 4.36. The zero-order valence-corrected chi connectivity index (χ0v) is 16.0. The first-order valence-corrected chi connectivity index (χ1v) is 8.99. The van der Waals surface area contributed by atoms with E-state index in [0.717, 1.165) is 23.3 Å². The summed E-state index contributed by atoms with van der Waals surface area (Å²) in [5.74, 6) is 1.25. The van der Waals surface area contributed by atoms with E-state index in [1.54, 1.807) is 37.6 Å². The van der Waals surface area contributed by atoms with Gasteiger partial charge in [0.2, 0.25) is 0 Å². The maximum absolute atomic E-state index is 12.5. The standard InChI is InChI=1S/C21H23N5O2/c1-26(12-9-16-7-10-22-11-8-16)21(27)18-14-25-20(15-23-18)24-13-17-5-3-4-6-19(17)28-2/h3-8,10-11,14-15H,9,12-13H2,1-2H3,(H,24,25). The Morgan fingerprint density at radius 2 is 1.89 bits per heavy atom. The molecule has 7 nitrogen and oxygen atoms in total. The molecular formula is C21H23N5O2. The monoisotopic (exact) mass is 377 g/mol. The van der Waals surface area contributed by atoms with Gasteiger partial charge in [-0.2, -0.15) is 0 Å². The lowest BCUT2D eigenvalue weighted by Crippen LogP contribution is -2.29. The van der Waals surface area contributed by atoms with E-state index in [-0.39, 0.29) is 5.91 Å². The topological polar surface area (TPSA) is 80.2 Å². The van der Waals surface area contributed by atoms with E-state index in [0.29, 0.717) is 24.6 Å². The molecule has 0 fully saturated rings. The van der Waals surface area contributed by atoms with E-state index in [2.05, 4.69) is 20.3 Å². The molecule has 144 valence electrons. The molecule has 1 amide bonds. The molecule has 0 unspecified atom stereocenters. The van der Waals surface area contributed by atoms with E-state index in [4.69, 9.17) is 4.74 Å². The Labute approximate surface area is 164 Å². The minimum absolute atomic E-state index is 0.155. The molecule has 0 atom stereocenters. The van der Waals surface area contributed by atoms with Gasteiger partial charge in [-0.1, -0.05) is 18.2 Å². The molecule has 0 radical (unpaired) electrons. The average molecular weight is 377 g/mol. The van der Waals surface area contributed by atoms with Crippen molar-refractivity contribution in [2.75, 3.05) is 26.0 Å². The molecule has 0 aliphatic carbocycles. The van der Waals surface area contributed by atoms with Crippen molar-refractivity contribution < 1.29 is 9.53 Å². The number of nitrogens with zero attached hydrogens (tertiary/aromatic N) is 4. The Balaban J connectivity index is 1.55. The van der Waals surface area contributed by atoms with Gasteiger partial charge in [-0.3, -0.25) is 9.78 Å². The van der Waals surface area contributed by atoms with E-state index >= 15 is 0 Å². The third-order valence-corrected chi connectivity index (χ3v) is 4.36. The molecule has 0 saturated heterocycles. The molecule has 2 heterocycles. The number of anilines is 1. The summed E-state index contributed by atoms with van der Waals surface area (Å²) in [4.78, 5) is 26.7. The predicted molar refractivity (Wildman–Crippen MR) is 107 cm³/mol. The first-order valence-electron chi connectivity index (χ1n) is 8.99. The van der Waals surface area contributed by atoms with Crippen LogP contribution in [0, 0.1) is 0 Å². The van der Waals surface area contributed by atoms with E-state index < -0.39 is 0 Å². The maximum atomic E-state index is 12.5. The van der Waals surface area contributed by atoms with Crippen LogP contribution in [0.3, 0.4) is 0 Å². The summed E-state index contributed by atoms with van der Waals surface area (Å²) in [5.41, 5.74) is 2.47. The van der Waals surface area contributed by atoms with Crippen LogP contribution in [0.15, 0.2) is 61.2 Å². The minimum atomic E-state index is -0.155. The van der Waals surface area contributed by atoms with Crippen LogP contribution in [0.1, 0.15) is 21.6 Å². The molecule has 7 heteroatoms. The van der Waals surface area contributed by atoms with E-state index in [1.165, 1.54) is 6.20 Å². The Kier molecular flexibility index (Phi) is 6.51. The van der Waals surface area contributed by atoms with Gasteiger partial charge in [-0.05, 0) is 30.2 Å². The number of nitrogens with one attached hydrogen (secondary N) is 1. The van der Waals surface area contributed by atoms with Gasteiger partial charge in [-0.25, -0.2) is 9.97 Å². The summed E-state index contributed by atoms with van der Waals surface area (Å²) in [6, 6.07) is 11.7. The van der Waals surface area contributed by atoms with Gasteiger partial charge in [0.1, 0.15) is 17.3 Å². The van der Waals surface area contributed by atoms with Crippen molar-refractivity contribution in [3.05, 3.63) is 78.0 Å². The lowest BCUT2D eigenvalue weighted by atomic mass is 10.2. The number of amides is 1. The minimum Gasteiger partial charge on any atom is -0.496 e. The van der Waals surface area contributed by atoms with E-state index in [1.807, 2.05) is 36.4 Å². The highest BCUT2D eigenvalue weighted by Gasteiger charge is 2.13. The maximum Gasteiger partial charge on any atom is 0.273 e. The quantitative estimate of drug-likeness (QED) is 0.650. The molecule has 1 N–H and O–H groups in total. The molecule has 1 aromatic carbocycles. The number of hydrogen-bond acceptors (Lipinski definition) is 6. The lowest BCUT2D eigenvalue weighted by molar-refractivity contribution is 0.0790. The summed E-state index contributed by atoms with van der Waals surface area (Å²) >= 11 is 0. The highest BCUT2D eigenvalue weighted by Crippen LogP contribution is 2.18. The highest BCUT2D eigenvalue weighted by atomic mass is 16.5. The number of carbonyl (C=O) groups is 1. The third kappa shape index (κ3) is 5.03. The zero-order valence-electron chi connectivity index (χ0n) is 16.0. The van der Waals surface area contributed by atoms with Gasteiger partial charge < -0.3 is 15.0 Å². The molecule has 0 bridgehead atoms. The molecule has 0 saturated carbocycles. The van der Waals surface area contributed by atoms with Crippen molar-refractivity contribution in [2.24, 2.45) is 0 Å². The summed E-state index contributed by atoms with van der Waals surface area (Å²) in [6.45, 7) is 1.15. The molecular weight excluding hydrogens is 354 g/mol. The van der Waals surface area contributed by atoms with Crippen molar-refractivity contribution in [1.29, 1.82) is 0 Å². The van der Waals surface area contributed by atoms with Crippen molar-refractivity contribution in [1.82, 2.24) is 19.9 Å². The van der Waals surface area contributed by atoms with Crippen LogP contribution in [0.25, 0.3) is 0 Å². The number of likely N-dealkylation sites (N-methyl/N-ethyl adjacent to an activating group) is 1.